The molecule has 2 rings (SSSR count). The molecule has 2 aromatic rings. The Labute approximate surface area is 115 Å². The van der Waals surface area contributed by atoms with Crippen LogP contribution in [0, 0.1) is 0 Å². The number of likely N-dealkylation sites (N-methyl/N-ethyl adjacent to an activating group) is 1. The molecule has 0 bridgehead atoms. The van der Waals surface area contributed by atoms with E-state index >= 15 is 0 Å². The molecule has 0 amide bonds. The molecule has 102 valence electrons. The first kappa shape index (κ1) is 13.8. The molecule has 1 unspecified atom stereocenters. The van der Waals surface area contributed by atoms with E-state index in [9.17, 15) is 4.79 Å². The Morgan fingerprint density at radius 3 is 3.00 bits per heavy atom. The SMILES string of the molecule is CCC(C(=O)O)N(C)Cc1coc(-c2cccs2)n1. The summed E-state index contributed by atoms with van der Waals surface area (Å²) in [6.45, 7) is 2.31. The summed E-state index contributed by atoms with van der Waals surface area (Å²) in [5.41, 5.74) is 0.741. The van der Waals surface area contributed by atoms with E-state index in [1.165, 1.54) is 0 Å². The Bertz CT molecular complexity index is 536. The van der Waals surface area contributed by atoms with Gasteiger partial charge in [-0.3, -0.25) is 9.69 Å². The van der Waals surface area contributed by atoms with Crippen LogP contribution in [0.3, 0.4) is 0 Å². The van der Waals surface area contributed by atoms with Gasteiger partial charge in [-0.1, -0.05) is 13.0 Å². The van der Waals surface area contributed by atoms with Crippen molar-refractivity contribution >= 4 is 17.3 Å². The summed E-state index contributed by atoms with van der Waals surface area (Å²) in [6.07, 6.45) is 2.14. The number of aliphatic carboxylic acids is 1. The van der Waals surface area contributed by atoms with E-state index in [-0.39, 0.29) is 0 Å². The number of rotatable bonds is 6. The number of oxazole rings is 1. The van der Waals surface area contributed by atoms with Gasteiger partial charge in [-0.15, -0.1) is 11.3 Å². The van der Waals surface area contributed by atoms with Crippen molar-refractivity contribution in [1.82, 2.24) is 9.88 Å². The second kappa shape index (κ2) is 5.99. The molecule has 5 nitrogen and oxygen atoms in total. The van der Waals surface area contributed by atoms with Crippen LogP contribution in [0.1, 0.15) is 19.0 Å². The largest absolute Gasteiger partial charge is 0.480 e. The summed E-state index contributed by atoms with van der Waals surface area (Å²) in [6, 6.07) is 3.38. The van der Waals surface area contributed by atoms with Crippen molar-refractivity contribution in [3.8, 4) is 10.8 Å². The zero-order chi connectivity index (χ0) is 13.8. The molecule has 6 heteroatoms. The van der Waals surface area contributed by atoms with Crippen LogP contribution in [0.4, 0.5) is 0 Å². The lowest BCUT2D eigenvalue weighted by atomic mass is 10.2. The fourth-order valence-corrected chi connectivity index (χ4v) is 2.59. The first-order valence-electron chi connectivity index (χ1n) is 6.03. The third-order valence-corrected chi connectivity index (χ3v) is 3.76. The highest BCUT2D eigenvalue weighted by Gasteiger charge is 2.21. The second-order valence-corrected chi connectivity index (χ2v) is 5.25. The van der Waals surface area contributed by atoms with Gasteiger partial charge in [-0.05, 0) is 24.9 Å². The fourth-order valence-electron chi connectivity index (χ4n) is 1.93. The second-order valence-electron chi connectivity index (χ2n) is 4.30. The predicted molar refractivity (Wildman–Crippen MR) is 73.0 cm³/mol. The number of nitrogens with zero attached hydrogens (tertiary/aromatic N) is 2. The molecule has 2 aromatic heterocycles. The van der Waals surface area contributed by atoms with Gasteiger partial charge in [0.15, 0.2) is 0 Å². The van der Waals surface area contributed by atoms with Gasteiger partial charge < -0.3 is 9.52 Å². The summed E-state index contributed by atoms with van der Waals surface area (Å²) in [7, 11) is 1.78. The summed E-state index contributed by atoms with van der Waals surface area (Å²) < 4.78 is 5.41. The summed E-state index contributed by atoms with van der Waals surface area (Å²) in [5.74, 6) is -0.228. The van der Waals surface area contributed by atoms with Crippen LogP contribution in [0.25, 0.3) is 10.8 Å². The zero-order valence-electron chi connectivity index (χ0n) is 10.9. The lowest BCUT2D eigenvalue weighted by Crippen LogP contribution is -2.37. The number of carbonyl (C=O) groups is 1. The highest BCUT2D eigenvalue weighted by molar-refractivity contribution is 7.13. The molecule has 0 radical (unpaired) electrons. The number of thiophene rings is 1. The van der Waals surface area contributed by atoms with Crippen molar-refractivity contribution in [2.24, 2.45) is 0 Å². The van der Waals surface area contributed by atoms with Gasteiger partial charge in [-0.25, -0.2) is 4.98 Å². The number of carboxylic acid groups (broad SMARTS) is 1. The van der Waals surface area contributed by atoms with Crippen molar-refractivity contribution < 1.29 is 14.3 Å². The Balaban J connectivity index is 2.06. The van der Waals surface area contributed by atoms with Gasteiger partial charge in [0.1, 0.15) is 12.3 Å². The van der Waals surface area contributed by atoms with Gasteiger partial charge in [0.05, 0.1) is 10.6 Å². The Hall–Kier alpha value is -1.66. The van der Waals surface area contributed by atoms with E-state index in [4.69, 9.17) is 9.52 Å². The van der Waals surface area contributed by atoms with Gasteiger partial charge >= 0.3 is 5.97 Å². The van der Waals surface area contributed by atoms with Gasteiger partial charge in [0.25, 0.3) is 0 Å². The average Bonchev–Trinajstić information content (AvgIpc) is 2.98. The molecule has 2 heterocycles. The maximum atomic E-state index is 11.1. The molecule has 1 atom stereocenters. The molecular formula is C13H16N2O3S. The number of hydrogen-bond acceptors (Lipinski definition) is 5. The van der Waals surface area contributed by atoms with Crippen molar-refractivity contribution in [2.75, 3.05) is 7.05 Å². The average molecular weight is 280 g/mol. The van der Waals surface area contributed by atoms with E-state index in [0.717, 1.165) is 10.6 Å². The molecule has 1 N–H and O–H groups in total. The first-order chi connectivity index (χ1) is 9.11. The third kappa shape index (κ3) is 3.21. The predicted octanol–water partition coefficient (Wildman–Crippen LogP) is 2.70. The van der Waals surface area contributed by atoms with Crippen LogP contribution in [0.5, 0.6) is 0 Å². The molecule has 0 aliphatic rings. The van der Waals surface area contributed by atoms with Crippen molar-refractivity contribution in [3.05, 3.63) is 29.5 Å². The van der Waals surface area contributed by atoms with E-state index < -0.39 is 12.0 Å². The quantitative estimate of drug-likeness (QED) is 0.881. The molecule has 0 saturated carbocycles. The molecule has 0 spiro atoms. The van der Waals surface area contributed by atoms with Gasteiger partial charge in [0, 0.05) is 6.54 Å². The minimum atomic E-state index is -0.813. The standard InChI is InChI=1S/C13H16N2O3S/c1-3-10(13(16)17)15(2)7-9-8-18-12(14-9)11-5-4-6-19-11/h4-6,8,10H,3,7H2,1-2H3,(H,16,17). The van der Waals surface area contributed by atoms with Crippen LogP contribution in [-0.4, -0.2) is 34.0 Å². The van der Waals surface area contributed by atoms with E-state index in [1.54, 1.807) is 29.5 Å². The normalized spacial score (nSPS) is 12.8. The monoisotopic (exact) mass is 280 g/mol. The van der Waals surface area contributed by atoms with Crippen LogP contribution in [0.15, 0.2) is 28.2 Å². The zero-order valence-corrected chi connectivity index (χ0v) is 11.7. The Morgan fingerprint density at radius 1 is 1.63 bits per heavy atom. The topological polar surface area (TPSA) is 66.6 Å². The van der Waals surface area contributed by atoms with Crippen LogP contribution in [0.2, 0.25) is 0 Å². The van der Waals surface area contributed by atoms with E-state index in [1.807, 2.05) is 24.4 Å². The van der Waals surface area contributed by atoms with Crippen LogP contribution >= 0.6 is 11.3 Å². The Morgan fingerprint density at radius 2 is 2.42 bits per heavy atom. The molecule has 0 aromatic carbocycles. The van der Waals surface area contributed by atoms with Crippen LogP contribution in [-0.2, 0) is 11.3 Å². The molecule has 0 fully saturated rings. The van der Waals surface area contributed by atoms with Crippen molar-refractivity contribution in [3.63, 3.8) is 0 Å². The molecular weight excluding hydrogens is 264 g/mol. The molecule has 0 saturated heterocycles. The molecule has 19 heavy (non-hydrogen) atoms. The summed E-state index contributed by atoms with van der Waals surface area (Å²) >= 11 is 1.56. The van der Waals surface area contributed by atoms with Crippen molar-refractivity contribution in [1.29, 1.82) is 0 Å². The number of carboxylic acids is 1. The lowest BCUT2D eigenvalue weighted by Gasteiger charge is -2.21. The first-order valence-corrected chi connectivity index (χ1v) is 6.91. The fraction of sp³-hybridized carbons (Fsp3) is 0.385. The molecule has 0 aliphatic carbocycles. The lowest BCUT2D eigenvalue weighted by molar-refractivity contribution is -0.143. The highest BCUT2D eigenvalue weighted by Crippen LogP contribution is 2.24. The van der Waals surface area contributed by atoms with Gasteiger partial charge in [0.2, 0.25) is 5.89 Å². The van der Waals surface area contributed by atoms with Crippen LogP contribution < -0.4 is 0 Å². The summed E-state index contributed by atoms with van der Waals surface area (Å²) in [4.78, 5) is 18.2. The minimum Gasteiger partial charge on any atom is -0.480 e. The van der Waals surface area contributed by atoms with Crippen molar-refractivity contribution in [2.45, 2.75) is 25.9 Å². The highest BCUT2D eigenvalue weighted by atomic mass is 32.1. The third-order valence-electron chi connectivity index (χ3n) is 2.90. The number of hydrogen-bond donors (Lipinski definition) is 1. The smallest absolute Gasteiger partial charge is 0.320 e. The Kier molecular flexibility index (Phi) is 4.34. The van der Waals surface area contributed by atoms with Gasteiger partial charge in [-0.2, -0.15) is 0 Å². The summed E-state index contributed by atoms with van der Waals surface area (Å²) in [5, 5.41) is 11.1. The number of aromatic nitrogens is 1. The maximum Gasteiger partial charge on any atom is 0.320 e. The molecule has 0 aliphatic heterocycles. The van der Waals surface area contributed by atoms with E-state index in [2.05, 4.69) is 4.98 Å². The minimum absolute atomic E-state index is 0.458. The maximum absolute atomic E-state index is 11.1. The van der Waals surface area contributed by atoms with E-state index in [0.29, 0.717) is 18.9 Å².